The zero-order valence-electron chi connectivity index (χ0n) is 13.3. The molecule has 0 aliphatic carbocycles. The molecule has 1 fully saturated rings. The van der Waals surface area contributed by atoms with Gasteiger partial charge in [-0.3, -0.25) is 0 Å². The molecule has 0 saturated carbocycles. The molecule has 1 aliphatic heterocycles. The molecule has 1 N–H and O–H groups in total. The zero-order valence-corrected chi connectivity index (χ0v) is 14.1. The van der Waals surface area contributed by atoms with Crippen molar-refractivity contribution >= 4 is 11.6 Å². The standard InChI is InChI=1S/C17H28ClN3/c1-3-9-19-17(15-6-4-5-7-16(15)18)8-10-21-13-11-20(2)12-14-21/h4-7,17,19H,3,8-14H2,1-2H3. The third-order valence-electron chi connectivity index (χ3n) is 4.25. The van der Waals surface area contributed by atoms with Gasteiger partial charge in [0.2, 0.25) is 0 Å². The third-order valence-corrected chi connectivity index (χ3v) is 4.60. The van der Waals surface area contributed by atoms with Gasteiger partial charge in [-0.25, -0.2) is 0 Å². The van der Waals surface area contributed by atoms with Crippen LogP contribution in [0.2, 0.25) is 5.02 Å². The molecule has 2 rings (SSSR count). The van der Waals surface area contributed by atoms with Gasteiger partial charge < -0.3 is 15.1 Å². The molecular formula is C17H28ClN3. The van der Waals surface area contributed by atoms with Crippen molar-refractivity contribution < 1.29 is 0 Å². The molecule has 1 aromatic rings. The van der Waals surface area contributed by atoms with Gasteiger partial charge in [-0.2, -0.15) is 0 Å². The van der Waals surface area contributed by atoms with E-state index in [1.165, 1.54) is 31.7 Å². The summed E-state index contributed by atoms with van der Waals surface area (Å²) in [4.78, 5) is 4.97. The molecule has 0 radical (unpaired) electrons. The maximum absolute atomic E-state index is 6.38. The van der Waals surface area contributed by atoms with Crippen molar-refractivity contribution in [1.82, 2.24) is 15.1 Å². The van der Waals surface area contributed by atoms with Crippen LogP contribution in [0.1, 0.15) is 31.4 Å². The van der Waals surface area contributed by atoms with Gasteiger partial charge in [0.25, 0.3) is 0 Å². The van der Waals surface area contributed by atoms with E-state index in [1.807, 2.05) is 12.1 Å². The number of benzene rings is 1. The highest BCUT2D eigenvalue weighted by Crippen LogP contribution is 2.25. The number of hydrogen-bond acceptors (Lipinski definition) is 3. The van der Waals surface area contributed by atoms with E-state index in [1.54, 1.807) is 0 Å². The Kier molecular flexibility index (Phi) is 6.97. The highest BCUT2D eigenvalue weighted by molar-refractivity contribution is 6.31. The third kappa shape index (κ3) is 5.26. The van der Waals surface area contributed by atoms with E-state index in [0.29, 0.717) is 6.04 Å². The van der Waals surface area contributed by atoms with Gasteiger partial charge in [0.1, 0.15) is 0 Å². The van der Waals surface area contributed by atoms with Crippen molar-refractivity contribution in [1.29, 1.82) is 0 Å². The topological polar surface area (TPSA) is 18.5 Å². The van der Waals surface area contributed by atoms with Crippen molar-refractivity contribution in [3.05, 3.63) is 34.9 Å². The van der Waals surface area contributed by atoms with E-state index in [4.69, 9.17) is 11.6 Å². The summed E-state index contributed by atoms with van der Waals surface area (Å²) in [6, 6.07) is 8.59. The molecule has 1 unspecified atom stereocenters. The first-order valence-corrected chi connectivity index (χ1v) is 8.47. The van der Waals surface area contributed by atoms with Gasteiger partial charge in [0, 0.05) is 43.8 Å². The molecule has 1 atom stereocenters. The monoisotopic (exact) mass is 309 g/mol. The number of nitrogens with one attached hydrogen (secondary N) is 1. The Morgan fingerprint density at radius 2 is 1.90 bits per heavy atom. The molecule has 0 amide bonds. The van der Waals surface area contributed by atoms with E-state index in [2.05, 4.69) is 41.2 Å². The van der Waals surface area contributed by atoms with E-state index >= 15 is 0 Å². The predicted molar refractivity (Wildman–Crippen MR) is 91.0 cm³/mol. The Morgan fingerprint density at radius 3 is 2.57 bits per heavy atom. The van der Waals surface area contributed by atoms with Gasteiger partial charge in [-0.1, -0.05) is 36.7 Å². The lowest BCUT2D eigenvalue weighted by molar-refractivity contribution is 0.148. The van der Waals surface area contributed by atoms with Crippen molar-refractivity contribution in [3.8, 4) is 0 Å². The molecule has 3 nitrogen and oxygen atoms in total. The minimum Gasteiger partial charge on any atom is -0.310 e. The smallest absolute Gasteiger partial charge is 0.0453 e. The fourth-order valence-corrected chi connectivity index (χ4v) is 3.09. The van der Waals surface area contributed by atoms with Crippen molar-refractivity contribution in [2.75, 3.05) is 46.3 Å². The normalized spacial score (nSPS) is 18.8. The Balaban J connectivity index is 1.92. The summed E-state index contributed by atoms with van der Waals surface area (Å²) in [6.45, 7) is 9.10. The van der Waals surface area contributed by atoms with E-state index in [-0.39, 0.29) is 0 Å². The molecule has 0 aromatic heterocycles. The Bertz CT molecular complexity index is 416. The van der Waals surface area contributed by atoms with Crippen LogP contribution in [0.25, 0.3) is 0 Å². The van der Waals surface area contributed by atoms with Crippen LogP contribution in [0.3, 0.4) is 0 Å². The Morgan fingerprint density at radius 1 is 1.19 bits per heavy atom. The molecule has 0 bridgehead atoms. The van der Waals surface area contributed by atoms with Crippen LogP contribution in [0.4, 0.5) is 0 Å². The number of halogens is 1. The molecular weight excluding hydrogens is 282 g/mol. The lowest BCUT2D eigenvalue weighted by atomic mass is 10.0. The largest absolute Gasteiger partial charge is 0.310 e. The van der Waals surface area contributed by atoms with Crippen LogP contribution >= 0.6 is 11.6 Å². The SMILES string of the molecule is CCCNC(CCN1CCN(C)CC1)c1ccccc1Cl. The molecule has 0 spiro atoms. The molecule has 1 heterocycles. The van der Waals surface area contributed by atoms with Gasteiger partial charge >= 0.3 is 0 Å². The fourth-order valence-electron chi connectivity index (χ4n) is 2.83. The molecule has 4 heteroatoms. The fraction of sp³-hybridized carbons (Fsp3) is 0.647. The van der Waals surface area contributed by atoms with Gasteiger partial charge in [-0.05, 0) is 38.1 Å². The number of likely N-dealkylation sites (N-methyl/N-ethyl adjacent to an activating group) is 1. The van der Waals surface area contributed by atoms with Crippen LogP contribution in [0, 0.1) is 0 Å². The lowest BCUT2D eigenvalue weighted by Crippen LogP contribution is -2.45. The summed E-state index contributed by atoms with van der Waals surface area (Å²) >= 11 is 6.38. The number of nitrogens with zero attached hydrogens (tertiary/aromatic N) is 2. The number of hydrogen-bond donors (Lipinski definition) is 1. The highest BCUT2D eigenvalue weighted by atomic mass is 35.5. The van der Waals surface area contributed by atoms with Gasteiger partial charge in [-0.15, -0.1) is 0 Å². The first-order valence-electron chi connectivity index (χ1n) is 8.09. The van der Waals surface area contributed by atoms with E-state index in [0.717, 1.165) is 31.0 Å². The van der Waals surface area contributed by atoms with E-state index in [9.17, 15) is 0 Å². The molecule has 1 aromatic carbocycles. The maximum atomic E-state index is 6.38. The summed E-state index contributed by atoms with van der Waals surface area (Å²) in [5, 5.41) is 4.53. The zero-order chi connectivity index (χ0) is 15.1. The van der Waals surface area contributed by atoms with Gasteiger partial charge in [0.15, 0.2) is 0 Å². The van der Waals surface area contributed by atoms with Crippen LogP contribution in [-0.4, -0.2) is 56.1 Å². The maximum Gasteiger partial charge on any atom is 0.0453 e. The second-order valence-corrected chi connectivity index (χ2v) is 6.37. The number of rotatable bonds is 7. The number of piperazine rings is 1. The average molecular weight is 310 g/mol. The average Bonchev–Trinajstić information content (AvgIpc) is 2.50. The molecule has 1 aliphatic rings. The molecule has 1 saturated heterocycles. The molecule has 118 valence electrons. The van der Waals surface area contributed by atoms with Crippen LogP contribution < -0.4 is 5.32 Å². The second-order valence-electron chi connectivity index (χ2n) is 5.96. The van der Waals surface area contributed by atoms with Crippen molar-refractivity contribution in [3.63, 3.8) is 0 Å². The quantitative estimate of drug-likeness (QED) is 0.835. The Labute approximate surface area is 134 Å². The first kappa shape index (κ1) is 16.8. The Hall–Kier alpha value is -0.610. The minimum absolute atomic E-state index is 0.360. The highest BCUT2D eigenvalue weighted by Gasteiger charge is 2.18. The van der Waals surface area contributed by atoms with Crippen LogP contribution in [0.15, 0.2) is 24.3 Å². The summed E-state index contributed by atoms with van der Waals surface area (Å²) in [7, 11) is 2.20. The van der Waals surface area contributed by atoms with Crippen molar-refractivity contribution in [2.45, 2.75) is 25.8 Å². The predicted octanol–water partition coefficient (Wildman–Crippen LogP) is 3.02. The van der Waals surface area contributed by atoms with Crippen molar-refractivity contribution in [2.24, 2.45) is 0 Å². The summed E-state index contributed by atoms with van der Waals surface area (Å²) in [5.41, 5.74) is 1.24. The summed E-state index contributed by atoms with van der Waals surface area (Å²) in [6.07, 6.45) is 2.27. The summed E-state index contributed by atoms with van der Waals surface area (Å²) < 4.78 is 0. The van der Waals surface area contributed by atoms with Gasteiger partial charge in [0.05, 0.1) is 0 Å². The molecule has 21 heavy (non-hydrogen) atoms. The summed E-state index contributed by atoms with van der Waals surface area (Å²) in [5.74, 6) is 0. The lowest BCUT2D eigenvalue weighted by Gasteiger charge is -2.33. The second kappa shape index (κ2) is 8.74. The van der Waals surface area contributed by atoms with Crippen LogP contribution in [-0.2, 0) is 0 Å². The minimum atomic E-state index is 0.360. The van der Waals surface area contributed by atoms with Crippen LogP contribution in [0.5, 0.6) is 0 Å². The first-order chi connectivity index (χ1) is 10.2. The van der Waals surface area contributed by atoms with E-state index < -0.39 is 0 Å².